The topological polar surface area (TPSA) is 63.7 Å². The number of carbonyl (C=O) groups is 1. The van der Waals surface area contributed by atoms with E-state index in [-0.39, 0.29) is 17.9 Å². The van der Waals surface area contributed by atoms with Crippen molar-refractivity contribution in [3.05, 3.63) is 28.7 Å². The van der Waals surface area contributed by atoms with Crippen molar-refractivity contribution in [1.82, 2.24) is 4.31 Å². The van der Waals surface area contributed by atoms with Gasteiger partial charge in [-0.25, -0.2) is 8.42 Å². The maximum absolute atomic E-state index is 12.4. The summed E-state index contributed by atoms with van der Waals surface area (Å²) in [7, 11) is -2.33. The standard InChI is InChI=1S/C12H16BrNO4S/c1-3-14(9-8-12(15)18-2)19(16,17)11-7-5-4-6-10(11)13/h4-7H,3,8-9H2,1-2H3. The molecule has 1 aromatic rings. The lowest BCUT2D eigenvalue weighted by molar-refractivity contribution is -0.140. The summed E-state index contributed by atoms with van der Waals surface area (Å²) in [5.74, 6) is -0.430. The Hall–Kier alpha value is -0.920. The van der Waals surface area contributed by atoms with Gasteiger partial charge in [-0.3, -0.25) is 4.79 Å². The Morgan fingerprint density at radius 3 is 2.53 bits per heavy atom. The van der Waals surface area contributed by atoms with E-state index < -0.39 is 16.0 Å². The minimum Gasteiger partial charge on any atom is -0.469 e. The summed E-state index contributed by atoms with van der Waals surface area (Å²) >= 11 is 3.23. The van der Waals surface area contributed by atoms with Crippen LogP contribution in [0, 0.1) is 0 Å². The molecule has 0 amide bonds. The van der Waals surface area contributed by atoms with E-state index in [2.05, 4.69) is 20.7 Å². The predicted molar refractivity (Wildman–Crippen MR) is 75.2 cm³/mol. The molecule has 0 unspecified atom stereocenters. The second kappa shape index (κ2) is 7.02. The van der Waals surface area contributed by atoms with Gasteiger partial charge >= 0.3 is 5.97 Å². The Balaban J connectivity index is 2.97. The fraction of sp³-hybridized carbons (Fsp3) is 0.417. The molecular formula is C12H16BrNO4S. The number of nitrogens with zero attached hydrogens (tertiary/aromatic N) is 1. The molecule has 0 saturated carbocycles. The van der Waals surface area contributed by atoms with Crippen molar-refractivity contribution in [2.45, 2.75) is 18.2 Å². The van der Waals surface area contributed by atoms with Gasteiger partial charge in [0.2, 0.25) is 10.0 Å². The van der Waals surface area contributed by atoms with Crippen LogP contribution in [0.25, 0.3) is 0 Å². The molecule has 0 atom stereocenters. The van der Waals surface area contributed by atoms with Crippen LogP contribution in [0.3, 0.4) is 0 Å². The molecule has 0 heterocycles. The number of halogens is 1. The van der Waals surface area contributed by atoms with Crippen LogP contribution in [0.2, 0.25) is 0 Å². The van der Waals surface area contributed by atoms with Gasteiger partial charge in [-0.1, -0.05) is 19.1 Å². The number of carbonyl (C=O) groups excluding carboxylic acids is 1. The molecule has 7 heteroatoms. The molecule has 1 aromatic carbocycles. The largest absolute Gasteiger partial charge is 0.469 e. The van der Waals surface area contributed by atoms with E-state index in [1.165, 1.54) is 17.5 Å². The van der Waals surface area contributed by atoms with Gasteiger partial charge in [0.05, 0.1) is 18.4 Å². The summed E-state index contributed by atoms with van der Waals surface area (Å²) in [6.07, 6.45) is 0.0357. The Bertz CT molecular complexity index is 544. The molecule has 106 valence electrons. The SMILES string of the molecule is CCN(CCC(=O)OC)S(=O)(=O)c1ccccc1Br. The minimum atomic E-state index is -3.61. The van der Waals surface area contributed by atoms with Crippen LogP contribution in [0.4, 0.5) is 0 Å². The van der Waals surface area contributed by atoms with Gasteiger partial charge in [-0.2, -0.15) is 4.31 Å². The lowest BCUT2D eigenvalue weighted by Crippen LogP contribution is -2.33. The molecular weight excluding hydrogens is 334 g/mol. The first kappa shape index (κ1) is 16.1. The third-order valence-electron chi connectivity index (χ3n) is 2.60. The van der Waals surface area contributed by atoms with E-state index in [1.54, 1.807) is 25.1 Å². The molecule has 0 bridgehead atoms. The fourth-order valence-corrected chi connectivity index (χ4v) is 3.97. The first-order valence-electron chi connectivity index (χ1n) is 5.75. The summed E-state index contributed by atoms with van der Waals surface area (Å²) < 4.78 is 31.1. The molecule has 0 N–H and O–H groups in total. The van der Waals surface area contributed by atoms with Gasteiger partial charge in [0.1, 0.15) is 0 Å². The van der Waals surface area contributed by atoms with E-state index in [0.717, 1.165) is 0 Å². The summed E-state index contributed by atoms with van der Waals surface area (Å²) in [5, 5.41) is 0. The fourth-order valence-electron chi connectivity index (χ4n) is 1.56. The second-order valence-corrected chi connectivity index (χ2v) is 6.51. The van der Waals surface area contributed by atoms with Crippen molar-refractivity contribution >= 4 is 31.9 Å². The highest BCUT2D eigenvalue weighted by atomic mass is 79.9. The van der Waals surface area contributed by atoms with Crippen LogP contribution in [-0.4, -0.2) is 38.9 Å². The third kappa shape index (κ3) is 4.02. The number of esters is 1. The molecule has 0 spiro atoms. The van der Waals surface area contributed by atoms with Crippen molar-refractivity contribution in [3.8, 4) is 0 Å². The van der Waals surface area contributed by atoms with Crippen molar-refractivity contribution in [1.29, 1.82) is 0 Å². The van der Waals surface area contributed by atoms with Crippen LogP contribution in [0.1, 0.15) is 13.3 Å². The van der Waals surface area contributed by atoms with E-state index in [0.29, 0.717) is 11.0 Å². The van der Waals surface area contributed by atoms with Crippen LogP contribution in [-0.2, 0) is 19.6 Å². The highest BCUT2D eigenvalue weighted by Crippen LogP contribution is 2.24. The zero-order valence-electron chi connectivity index (χ0n) is 10.8. The Labute approximate surface area is 121 Å². The number of hydrogen-bond donors (Lipinski definition) is 0. The van der Waals surface area contributed by atoms with Gasteiger partial charge in [0.15, 0.2) is 0 Å². The average molecular weight is 350 g/mol. The molecule has 0 aliphatic carbocycles. The van der Waals surface area contributed by atoms with Gasteiger partial charge < -0.3 is 4.74 Å². The molecule has 0 radical (unpaired) electrons. The smallest absolute Gasteiger partial charge is 0.306 e. The van der Waals surface area contributed by atoms with Crippen LogP contribution in [0.15, 0.2) is 33.6 Å². The quantitative estimate of drug-likeness (QED) is 0.737. The van der Waals surface area contributed by atoms with Crippen molar-refractivity contribution in [3.63, 3.8) is 0 Å². The van der Waals surface area contributed by atoms with Crippen LogP contribution >= 0.6 is 15.9 Å². The van der Waals surface area contributed by atoms with Crippen molar-refractivity contribution in [2.24, 2.45) is 0 Å². The summed E-state index contributed by atoms with van der Waals surface area (Å²) in [5.41, 5.74) is 0. The lowest BCUT2D eigenvalue weighted by atomic mass is 10.4. The van der Waals surface area contributed by atoms with Crippen molar-refractivity contribution in [2.75, 3.05) is 20.2 Å². The Kier molecular flexibility index (Phi) is 5.96. The molecule has 0 fully saturated rings. The monoisotopic (exact) mass is 349 g/mol. The number of sulfonamides is 1. The Morgan fingerprint density at radius 1 is 1.37 bits per heavy atom. The normalized spacial score (nSPS) is 11.6. The van der Waals surface area contributed by atoms with Gasteiger partial charge in [-0.05, 0) is 28.1 Å². The van der Waals surface area contributed by atoms with Crippen LogP contribution in [0.5, 0.6) is 0 Å². The van der Waals surface area contributed by atoms with Gasteiger partial charge in [0, 0.05) is 17.6 Å². The highest BCUT2D eigenvalue weighted by Gasteiger charge is 2.25. The number of rotatable bonds is 6. The average Bonchev–Trinajstić information content (AvgIpc) is 2.39. The molecule has 0 saturated heterocycles. The lowest BCUT2D eigenvalue weighted by Gasteiger charge is -2.20. The summed E-state index contributed by atoms with van der Waals surface area (Å²) in [4.78, 5) is 11.3. The predicted octanol–water partition coefficient (Wildman–Crippen LogP) is 2.02. The number of benzene rings is 1. The molecule has 0 aliphatic rings. The number of methoxy groups -OCH3 is 1. The molecule has 1 rings (SSSR count). The molecule has 0 aliphatic heterocycles. The first-order valence-corrected chi connectivity index (χ1v) is 7.98. The summed E-state index contributed by atoms with van der Waals surface area (Å²) in [6, 6.07) is 6.60. The first-order chi connectivity index (χ1) is 8.93. The van der Waals surface area contributed by atoms with Gasteiger partial charge in [-0.15, -0.1) is 0 Å². The van der Waals surface area contributed by atoms with E-state index in [4.69, 9.17) is 0 Å². The molecule has 5 nitrogen and oxygen atoms in total. The zero-order valence-corrected chi connectivity index (χ0v) is 13.2. The van der Waals surface area contributed by atoms with E-state index in [9.17, 15) is 13.2 Å². The van der Waals surface area contributed by atoms with E-state index >= 15 is 0 Å². The number of ether oxygens (including phenoxy) is 1. The van der Waals surface area contributed by atoms with Gasteiger partial charge in [0.25, 0.3) is 0 Å². The van der Waals surface area contributed by atoms with E-state index in [1.807, 2.05) is 0 Å². The molecule has 19 heavy (non-hydrogen) atoms. The molecule has 0 aromatic heterocycles. The minimum absolute atomic E-state index is 0.0357. The second-order valence-electron chi connectivity index (χ2n) is 3.75. The maximum atomic E-state index is 12.4. The summed E-state index contributed by atoms with van der Waals surface area (Å²) in [6.45, 7) is 2.12. The number of hydrogen-bond acceptors (Lipinski definition) is 4. The zero-order chi connectivity index (χ0) is 14.5. The van der Waals surface area contributed by atoms with Crippen LogP contribution < -0.4 is 0 Å². The van der Waals surface area contributed by atoms with Crippen molar-refractivity contribution < 1.29 is 17.9 Å². The Morgan fingerprint density at radius 2 is 2.00 bits per heavy atom. The maximum Gasteiger partial charge on any atom is 0.306 e. The highest BCUT2D eigenvalue weighted by molar-refractivity contribution is 9.10. The third-order valence-corrected chi connectivity index (χ3v) is 5.59.